The molecule has 1 aliphatic rings. The van der Waals surface area contributed by atoms with Crippen LogP contribution in [-0.2, 0) is 13.0 Å². The predicted octanol–water partition coefficient (Wildman–Crippen LogP) is 3.02. The van der Waals surface area contributed by atoms with Crippen LogP contribution in [0.25, 0.3) is 0 Å². The summed E-state index contributed by atoms with van der Waals surface area (Å²) in [7, 11) is 0. The van der Waals surface area contributed by atoms with Gasteiger partial charge in [-0.1, -0.05) is 38.1 Å². The summed E-state index contributed by atoms with van der Waals surface area (Å²) in [6.45, 7) is 10.3. The Labute approximate surface area is 128 Å². The number of benzene rings is 1. The lowest BCUT2D eigenvalue weighted by Gasteiger charge is -2.26. The van der Waals surface area contributed by atoms with Crippen molar-refractivity contribution in [3.05, 3.63) is 35.4 Å². The summed E-state index contributed by atoms with van der Waals surface area (Å²) in [5, 5.41) is 3.50. The molecule has 1 fully saturated rings. The van der Waals surface area contributed by atoms with Gasteiger partial charge in [0.25, 0.3) is 0 Å². The summed E-state index contributed by atoms with van der Waals surface area (Å²) >= 11 is 2.08. The molecule has 0 spiro atoms. The van der Waals surface area contributed by atoms with Crippen LogP contribution in [0.4, 0.5) is 0 Å². The van der Waals surface area contributed by atoms with Crippen LogP contribution < -0.4 is 5.32 Å². The third-order valence-electron chi connectivity index (χ3n) is 3.68. The summed E-state index contributed by atoms with van der Waals surface area (Å²) in [5.41, 5.74) is 2.90. The first kappa shape index (κ1) is 15.9. The highest BCUT2D eigenvalue weighted by Crippen LogP contribution is 2.13. The van der Waals surface area contributed by atoms with Gasteiger partial charge in [0, 0.05) is 31.1 Å². The minimum atomic E-state index is 0.736. The van der Waals surface area contributed by atoms with E-state index in [1.165, 1.54) is 35.7 Å². The largest absolute Gasteiger partial charge is 0.316 e. The summed E-state index contributed by atoms with van der Waals surface area (Å²) in [6.07, 6.45) is 1.13. The maximum atomic E-state index is 3.50. The predicted molar refractivity (Wildman–Crippen MR) is 90.5 cm³/mol. The summed E-state index contributed by atoms with van der Waals surface area (Å²) in [6, 6.07) is 9.20. The van der Waals surface area contributed by atoms with E-state index in [-0.39, 0.29) is 0 Å². The van der Waals surface area contributed by atoms with Gasteiger partial charge in [-0.2, -0.15) is 11.8 Å². The first-order valence-electron chi connectivity index (χ1n) is 7.82. The van der Waals surface area contributed by atoms with E-state index < -0.39 is 0 Å². The van der Waals surface area contributed by atoms with Crippen LogP contribution in [0, 0.1) is 5.92 Å². The van der Waals surface area contributed by atoms with Crippen LogP contribution in [0.15, 0.2) is 24.3 Å². The highest BCUT2D eigenvalue weighted by molar-refractivity contribution is 7.99. The molecular formula is C17H28N2S. The van der Waals surface area contributed by atoms with Crippen LogP contribution in [0.3, 0.4) is 0 Å². The zero-order valence-electron chi connectivity index (χ0n) is 12.9. The van der Waals surface area contributed by atoms with Crippen molar-refractivity contribution in [2.75, 3.05) is 37.7 Å². The molecule has 1 aromatic carbocycles. The Morgan fingerprint density at radius 3 is 2.40 bits per heavy atom. The molecule has 20 heavy (non-hydrogen) atoms. The maximum absolute atomic E-state index is 3.50. The highest BCUT2D eigenvalue weighted by Gasteiger charge is 2.10. The van der Waals surface area contributed by atoms with Gasteiger partial charge < -0.3 is 5.32 Å². The fourth-order valence-electron chi connectivity index (χ4n) is 2.45. The van der Waals surface area contributed by atoms with E-state index in [9.17, 15) is 0 Å². The first-order chi connectivity index (χ1) is 9.74. The fourth-order valence-corrected chi connectivity index (χ4v) is 3.43. The molecule has 1 aliphatic heterocycles. The lowest BCUT2D eigenvalue weighted by atomic mass is 10.1. The van der Waals surface area contributed by atoms with Crippen LogP contribution in [0.5, 0.6) is 0 Å². The second-order valence-electron chi connectivity index (χ2n) is 6.05. The SMILES string of the molecule is CC(C)CNCCc1ccc(CN2CCSCC2)cc1. The third-order valence-corrected chi connectivity index (χ3v) is 4.62. The second-order valence-corrected chi connectivity index (χ2v) is 7.28. The quantitative estimate of drug-likeness (QED) is 0.778. The molecular weight excluding hydrogens is 264 g/mol. The molecule has 0 radical (unpaired) electrons. The Bertz CT molecular complexity index is 369. The Hall–Kier alpha value is -0.510. The van der Waals surface area contributed by atoms with Gasteiger partial charge in [0.1, 0.15) is 0 Å². The van der Waals surface area contributed by atoms with Crippen molar-refractivity contribution in [1.82, 2.24) is 10.2 Å². The van der Waals surface area contributed by atoms with E-state index >= 15 is 0 Å². The Kier molecular flexibility index (Phi) is 6.91. The maximum Gasteiger partial charge on any atom is 0.0234 e. The number of hydrogen-bond donors (Lipinski definition) is 1. The standard InChI is InChI=1S/C17H28N2S/c1-15(2)13-18-8-7-16-3-5-17(6-4-16)14-19-9-11-20-12-10-19/h3-6,15,18H,7-14H2,1-2H3. The summed E-state index contributed by atoms with van der Waals surface area (Å²) in [5.74, 6) is 3.32. The van der Waals surface area contributed by atoms with Gasteiger partial charge in [-0.05, 0) is 36.6 Å². The molecule has 0 saturated carbocycles. The van der Waals surface area contributed by atoms with Crippen LogP contribution in [-0.4, -0.2) is 42.6 Å². The van der Waals surface area contributed by atoms with Crippen LogP contribution in [0.2, 0.25) is 0 Å². The molecule has 0 bridgehead atoms. The molecule has 0 unspecified atom stereocenters. The molecule has 1 N–H and O–H groups in total. The minimum Gasteiger partial charge on any atom is -0.316 e. The molecule has 0 atom stereocenters. The molecule has 0 aromatic heterocycles. The zero-order chi connectivity index (χ0) is 14.2. The van der Waals surface area contributed by atoms with E-state index in [4.69, 9.17) is 0 Å². The molecule has 2 rings (SSSR count). The number of rotatable bonds is 7. The minimum absolute atomic E-state index is 0.736. The lowest BCUT2D eigenvalue weighted by molar-refractivity contribution is 0.294. The van der Waals surface area contributed by atoms with Gasteiger partial charge in [-0.3, -0.25) is 4.90 Å². The molecule has 1 aromatic rings. The smallest absolute Gasteiger partial charge is 0.0234 e. The topological polar surface area (TPSA) is 15.3 Å². The number of thioether (sulfide) groups is 1. The molecule has 2 nitrogen and oxygen atoms in total. The monoisotopic (exact) mass is 292 g/mol. The van der Waals surface area contributed by atoms with E-state index in [2.05, 4.69) is 60.1 Å². The first-order valence-corrected chi connectivity index (χ1v) is 8.98. The molecule has 112 valence electrons. The molecule has 0 amide bonds. The summed E-state index contributed by atoms with van der Waals surface area (Å²) < 4.78 is 0. The molecule has 0 aliphatic carbocycles. The van der Waals surface area contributed by atoms with E-state index in [1.807, 2.05) is 0 Å². The zero-order valence-corrected chi connectivity index (χ0v) is 13.7. The third kappa shape index (κ3) is 5.86. The number of nitrogens with one attached hydrogen (secondary N) is 1. The number of hydrogen-bond acceptors (Lipinski definition) is 3. The average Bonchev–Trinajstić information content (AvgIpc) is 2.46. The molecule has 1 heterocycles. The van der Waals surface area contributed by atoms with Gasteiger partial charge in [0.05, 0.1) is 0 Å². The molecule has 3 heteroatoms. The van der Waals surface area contributed by atoms with Crippen molar-refractivity contribution in [3.63, 3.8) is 0 Å². The van der Waals surface area contributed by atoms with E-state index in [1.54, 1.807) is 0 Å². The highest BCUT2D eigenvalue weighted by atomic mass is 32.2. The van der Waals surface area contributed by atoms with Gasteiger partial charge in [-0.25, -0.2) is 0 Å². The van der Waals surface area contributed by atoms with Crippen LogP contribution >= 0.6 is 11.8 Å². The van der Waals surface area contributed by atoms with Gasteiger partial charge in [0.15, 0.2) is 0 Å². The van der Waals surface area contributed by atoms with Crippen molar-refractivity contribution < 1.29 is 0 Å². The van der Waals surface area contributed by atoms with Gasteiger partial charge in [0.2, 0.25) is 0 Å². The Morgan fingerprint density at radius 2 is 1.75 bits per heavy atom. The van der Waals surface area contributed by atoms with E-state index in [0.717, 1.165) is 32.0 Å². The van der Waals surface area contributed by atoms with Crippen LogP contribution in [0.1, 0.15) is 25.0 Å². The van der Waals surface area contributed by atoms with Crippen molar-refractivity contribution in [1.29, 1.82) is 0 Å². The van der Waals surface area contributed by atoms with Gasteiger partial charge in [-0.15, -0.1) is 0 Å². The van der Waals surface area contributed by atoms with Crippen molar-refractivity contribution in [2.45, 2.75) is 26.8 Å². The Balaban J connectivity index is 1.71. The Morgan fingerprint density at radius 1 is 1.10 bits per heavy atom. The van der Waals surface area contributed by atoms with Crippen molar-refractivity contribution in [2.24, 2.45) is 5.92 Å². The second kappa shape index (κ2) is 8.71. The van der Waals surface area contributed by atoms with Crippen molar-refractivity contribution in [3.8, 4) is 0 Å². The lowest BCUT2D eigenvalue weighted by Crippen LogP contribution is -2.31. The molecule has 1 saturated heterocycles. The van der Waals surface area contributed by atoms with Gasteiger partial charge >= 0.3 is 0 Å². The summed E-state index contributed by atoms with van der Waals surface area (Å²) in [4.78, 5) is 2.57. The number of nitrogens with zero attached hydrogens (tertiary/aromatic N) is 1. The van der Waals surface area contributed by atoms with Crippen molar-refractivity contribution >= 4 is 11.8 Å². The average molecular weight is 292 g/mol. The fraction of sp³-hybridized carbons (Fsp3) is 0.647. The van der Waals surface area contributed by atoms with E-state index in [0.29, 0.717) is 0 Å². The normalized spacial score (nSPS) is 16.8.